The number of piperidine rings is 1. The average molecular weight is 358 g/mol. The van der Waals surface area contributed by atoms with Crippen molar-refractivity contribution in [2.75, 3.05) is 19.3 Å². The molecule has 1 N–H and O–H groups in total. The van der Waals surface area contributed by atoms with Crippen LogP contribution >= 0.6 is 0 Å². The van der Waals surface area contributed by atoms with Crippen molar-refractivity contribution in [3.05, 3.63) is 0 Å². The third-order valence-corrected chi connectivity index (χ3v) is 7.10. The fourth-order valence-corrected chi connectivity index (χ4v) is 5.57. The Hall–Kier alpha value is -1.15. The van der Waals surface area contributed by atoms with Crippen LogP contribution in [-0.4, -0.2) is 66.0 Å². The summed E-state index contributed by atoms with van der Waals surface area (Å²) in [6.07, 6.45) is 6.94. The molecule has 1 saturated carbocycles. The third-order valence-electron chi connectivity index (χ3n) is 5.83. The number of hydrogen-bond acceptors (Lipinski definition) is 4. The number of carboxylic acid groups (broad SMARTS) is 1. The van der Waals surface area contributed by atoms with Gasteiger partial charge in [0.25, 0.3) is 0 Å². The van der Waals surface area contributed by atoms with Crippen molar-refractivity contribution in [1.29, 1.82) is 0 Å². The number of likely N-dealkylation sites (tertiary alicyclic amines) is 1. The van der Waals surface area contributed by atoms with Gasteiger partial charge in [-0.1, -0.05) is 12.8 Å². The third kappa shape index (κ3) is 3.31. The molecule has 136 valence electrons. The zero-order valence-electron chi connectivity index (χ0n) is 14.1. The van der Waals surface area contributed by atoms with E-state index in [1.165, 1.54) is 4.31 Å². The Morgan fingerprint density at radius 2 is 1.79 bits per heavy atom. The fourth-order valence-electron chi connectivity index (χ4n) is 4.65. The molecule has 2 heterocycles. The van der Waals surface area contributed by atoms with Crippen molar-refractivity contribution < 1.29 is 23.1 Å². The van der Waals surface area contributed by atoms with Crippen LogP contribution in [0.5, 0.6) is 0 Å². The van der Waals surface area contributed by atoms with E-state index in [2.05, 4.69) is 0 Å². The molecular weight excluding hydrogens is 332 g/mol. The Bertz CT molecular complexity index is 620. The van der Waals surface area contributed by atoms with Crippen molar-refractivity contribution in [2.24, 2.45) is 11.8 Å². The second-order valence-electron chi connectivity index (χ2n) is 7.41. The topological polar surface area (TPSA) is 95.0 Å². The molecule has 4 atom stereocenters. The highest BCUT2D eigenvalue weighted by Crippen LogP contribution is 2.41. The van der Waals surface area contributed by atoms with Crippen molar-refractivity contribution in [1.82, 2.24) is 9.21 Å². The molecule has 0 bridgehead atoms. The van der Waals surface area contributed by atoms with Gasteiger partial charge >= 0.3 is 5.97 Å². The van der Waals surface area contributed by atoms with E-state index in [0.29, 0.717) is 25.8 Å². The van der Waals surface area contributed by atoms with Gasteiger partial charge in [0.15, 0.2) is 0 Å². The summed E-state index contributed by atoms with van der Waals surface area (Å²) in [5.74, 6) is -1.24. The summed E-state index contributed by atoms with van der Waals surface area (Å²) in [5.41, 5.74) is 0. The van der Waals surface area contributed by atoms with Gasteiger partial charge in [0.05, 0.1) is 12.2 Å². The van der Waals surface area contributed by atoms with Crippen LogP contribution in [0.25, 0.3) is 0 Å². The number of amides is 1. The van der Waals surface area contributed by atoms with Crippen LogP contribution in [0.3, 0.4) is 0 Å². The van der Waals surface area contributed by atoms with E-state index in [1.54, 1.807) is 4.90 Å². The molecule has 0 spiro atoms. The smallest absolute Gasteiger partial charge is 0.326 e. The molecule has 3 rings (SSSR count). The van der Waals surface area contributed by atoms with Crippen LogP contribution in [0.1, 0.15) is 44.9 Å². The molecule has 7 nitrogen and oxygen atoms in total. The highest BCUT2D eigenvalue weighted by atomic mass is 32.2. The predicted molar refractivity (Wildman–Crippen MR) is 87.8 cm³/mol. The number of nitrogens with zero attached hydrogens (tertiary/aromatic N) is 2. The van der Waals surface area contributed by atoms with Crippen molar-refractivity contribution in [3.63, 3.8) is 0 Å². The average Bonchev–Trinajstić information content (AvgIpc) is 2.93. The van der Waals surface area contributed by atoms with Gasteiger partial charge < -0.3 is 10.0 Å². The van der Waals surface area contributed by atoms with Gasteiger partial charge in [-0.15, -0.1) is 0 Å². The first kappa shape index (κ1) is 17.7. The fraction of sp³-hybridized carbons (Fsp3) is 0.875. The first-order valence-electron chi connectivity index (χ1n) is 8.79. The van der Waals surface area contributed by atoms with E-state index < -0.39 is 28.0 Å². The molecule has 0 aromatic heterocycles. The number of rotatable bonds is 3. The van der Waals surface area contributed by atoms with Gasteiger partial charge in [-0.05, 0) is 38.0 Å². The van der Waals surface area contributed by atoms with Gasteiger partial charge in [0.2, 0.25) is 15.9 Å². The monoisotopic (exact) mass is 358 g/mol. The zero-order chi connectivity index (χ0) is 17.5. The van der Waals surface area contributed by atoms with E-state index in [-0.39, 0.29) is 24.4 Å². The summed E-state index contributed by atoms with van der Waals surface area (Å²) in [6.45, 7) is 0.620. The van der Waals surface area contributed by atoms with Gasteiger partial charge in [-0.3, -0.25) is 4.79 Å². The van der Waals surface area contributed by atoms with Crippen LogP contribution in [0.15, 0.2) is 0 Å². The molecule has 3 aliphatic rings. The number of carboxylic acids is 1. The number of carbonyl (C=O) groups excluding carboxylic acids is 1. The van der Waals surface area contributed by atoms with E-state index in [1.807, 2.05) is 0 Å². The quantitative estimate of drug-likeness (QED) is 0.809. The molecule has 24 heavy (non-hydrogen) atoms. The lowest BCUT2D eigenvalue weighted by atomic mass is 9.84. The van der Waals surface area contributed by atoms with Gasteiger partial charge in [-0.2, -0.15) is 0 Å². The van der Waals surface area contributed by atoms with Crippen molar-refractivity contribution >= 4 is 21.9 Å². The van der Waals surface area contributed by atoms with Gasteiger partial charge in [-0.25, -0.2) is 17.5 Å². The van der Waals surface area contributed by atoms with Crippen LogP contribution in [0, 0.1) is 11.8 Å². The summed E-state index contributed by atoms with van der Waals surface area (Å²) >= 11 is 0. The Morgan fingerprint density at radius 3 is 2.46 bits per heavy atom. The normalized spacial score (nSPS) is 34.8. The first-order chi connectivity index (χ1) is 11.3. The molecule has 1 amide bonds. The Kier molecular flexibility index (Phi) is 4.88. The Balaban J connectivity index is 1.80. The lowest BCUT2D eigenvalue weighted by molar-refractivity contribution is -0.152. The van der Waals surface area contributed by atoms with Crippen molar-refractivity contribution in [3.8, 4) is 0 Å². The minimum Gasteiger partial charge on any atom is -0.480 e. The second kappa shape index (κ2) is 6.63. The highest BCUT2D eigenvalue weighted by molar-refractivity contribution is 7.88. The maximum atomic E-state index is 13.1. The Labute approximate surface area is 143 Å². The number of sulfonamides is 1. The molecule has 2 saturated heterocycles. The summed E-state index contributed by atoms with van der Waals surface area (Å²) < 4.78 is 24.9. The number of carbonyl (C=O) groups is 2. The number of hydrogen-bond donors (Lipinski definition) is 1. The molecule has 2 aliphatic heterocycles. The molecule has 1 aliphatic carbocycles. The molecule has 0 aromatic rings. The molecular formula is C16H26N2O5S. The van der Waals surface area contributed by atoms with Crippen LogP contribution < -0.4 is 0 Å². The second-order valence-corrected chi connectivity index (χ2v) is 9.39. The molecule has 0 aromatic carbocycles. The molecule has 3 fully saturated rings. The SMILES string of the molecule is CS(=O)(=O)N1CCC[C@H](C(=O)N2[C@@H]3CCCC[C@H]3C[C@H]2C(=O)O)C1. The largest absolute Gasteiger partial charge is 0.480 e. The lowest BCUT2D eigenvalue weighted by Gasteiger charge is -2.38. The van der Waals surface area contributed by atoms with E-state index in [0.717, 1.165) is 31.9 Å². The molecule has 0 unspecified atom stereocenters. The standard InChI is InChI=1S/C16H26N2O5S/c1-24(22,23)17-8-4-6-12(10-17)15(19)18-13-7-3-2-5-11(13)9-14(18)16(20)21/h11-14H,2-10H2,1H3,(H,20,21)/t11-,12-,13+,14-/m0/s1. The van der Waals surface area contributed by atoms with E-state index in [4.69, 9.17) is 0 Å². The minimum atomic E-state index is -3.32. The van der Waals surface area contributed by atoms with Gasteiger partial charge in [0.1, 0.15) is 6.04 Å². The zero-order valence-corrected chi connectivity index (χ0v) is 14.9. The van der Waals surface area contributed by atoms with Crippen LogP contribution in [0.4, 0.5) is 0 Å². The summed E-state index contributed by atoms with van der Waals surface area (Å²) in [5, 5.41) is 9.56. The Morgan fingerprint density at radius 1 is 1.08 bits per heavy atom. The van der Waals surface area contributed by atoms with Crippen molar-refractivity contribution in [2.45, 2.75) is 57.0 Å². The minimum absolute atomic E-state index is 0.0148. The van der Waals surface area contributed by atoms with E-state index >= 15 is 0 Å². The molecule has 8 heteroatoms. The maximum Gasteiger partial charge on any atom is 0.326 e. The summed E-state index contributed by atoms with van der Waals surface area (Å²) in [4.78, 5) is 26.3. The lowest BCUT2D eigenvalue weighted by Crippen LogP contribution is -2.52. The van der Waals surface area contributed by atoms with E-state index in [9.17, 15) is 23.1 Å². The van der Waals surface area contributed by atoms with Crippen LogP contribution in [-0.2, 0) is 19.6 Å². The number of fused-ring (bicyclic) bond motifs is 1. The summed E-state index contributed by atoms with van der Waals surface area (Å²) in [7, 11) is -3.32. The highest BCUT2D eigenvalue weighted by Gasteiger charge is 2.49. The van der Waals surface area contributed by atoms with Gasteiger partial charge in [0, 0.05) is 19.1 Å². The maximum absolute atomic E-state index is 13.1. The first-order valence-corrected chi connectivity index (χ1v) is 10.6. The predicted octanol–water partition coefficient (Wildman–Crippen LogP) is 0.902. The van der Waals surface area contributed by atoms with Crippen LogP contribution in [0.2, 0.25) is 0 Å². The summed E-state index contributed by atoms with van der Waals surface area (Å²) in [6, 6.07) is -0.736. The number of aliphatic carboxylic acids is 1. The molecule has 0 radical (unpaired) electrons.